The lowest BCUT2D eigenvalue weighted by molar-refractivity contribution is 0.0219. The second-order valence-corrected chi connectivity index (χ2v) is 7.78. The number of ether oxygens (including phenoxy) is 4. The average molecular weight is 461 g/mol. The summed E-state index contributed by atoms with van der Waals surface area (Å²) in [6.45, 7) is 0. The van der Waals surface area contributed by atoms with Gasteiger partial charge in [-0.15, -0.1) is 0 Å². The van der Waals surface area contributed by atoms with Crippen LogP contribution in [-0.4, -0.2) is 30.4 Å². The van der Waals surface area contributed by atoms with Crippen molar-refractivity contribution in [3.63, 3.8) is 0 Å². The summed E-state index contributed by atoms with van der Waals surface area (Å²) >= 11 is 12.6. The fraction of sp³-hybridized carbons (Fsp3) is 0.136. The van der Waals surface area contributed by atoms with Crippen molar-refractivity contribution in [3.8, 4) is 34.5 Å². The molecule has 158 valence electrons. The van der Waals surface area contributed by atoms with Crippen LogP contribution in [0.15, 0.2) is 36.4 Å². The summed E-state index contributed by atoms with van der Waals surface area (Å²) in [7, 11) is 2.83. The summed E-state index contributed by atoms with van der Waals surface area (Å²) in [5, 5.41) is 20.5. The molecule has 0 amide bonds. The smallest absolute Gasteiger partial charge is 0.341 e. The molecule has 31 heavy (non-hydrogen) atoms. The number of methoxy groups -OCH3 is 2. The maximum atomic E-state index is 13.1. The third-order valence-corrected chi connectivity index (χ3v) is 6.22. The van der Waals surface area contributed by atoms with Crippen molar-refractivity contribution in [1.29, 1.82) is 0 Å². The molecule has 0 aliphatic carbocycles. The second kappa shape index (κ2) is 6.60. The highest BCUT2D eigenvalue weighted by Crippen LogP contribution is 2.61. The molecule has 3 aromatic rings. The van der Waals surface area contributed by atoms with Crippen LogP contribution in [0.25, 0.3) is 0 Å². The van der Waals surface area contributed by atoms with Crippen molar-refractivity contribution in [2.75, 3.05) is 14.2 Å². The minimum atomic E-state index is -1.55. The molecule has 2 aliphatic heterocycles. The summed E-state index contributed by atoms with van der Waals surface area (Å²) in [4.78, 5) is 13.1. The van der Waals surface area contributed by atoms with E-state index < -0.39 is 11.6 Å². The lowest BCUT2D eigenvalue weighted by Gasteiger charge is -2.37. The van der Waals surface area contributed by atoms with Crippen molar-refractivity contribution >= 4 is 29.2 Å². The average Bonchev–Trinajstić information content (AvgIpc) is 3.04. The van der Waals surface area contributed by atoms with Crippen LogP contribution in [0.3, 0.4) is 0 Å². The number of phenols is 2. The maximum absolute atomic E-state index is 13.1. The molecule has 9 heteroatoms. The maximum Gasteiger partial charge on any atom is 0.341 e. The first kappa shape index (κ1) is 19.7. The minimum Gasteiger partial charge on any atom is -0.508 e. The summed E-state index contributed by atoms with van der Waals surface area (Å²) in [5.74, 6) is -0.0937. The van der Waals surface area contributed by atoms with E-state index in [-0.39, 0.29) is 50.1 Å². The van der Waals surface area contributed by atoms with Crippen molar-refractivity contribution in [2.45, 2.75) is 5.60 Å². The van der Waals surface area contributed by atoms with Gasteiger partial charge in [-0.2, -0.15) is 0 Å². The lowest BCUT2D eigenvalue weighted by atomic mass is 9.77. The van der Waals surface area contributed by atoms with Gasteiger partial charge in [-0.1, -0.05) is 23.2 Å². The zero-order valence-electron chi connectivity index (χ0n) is 16.2. The molecule has 1 atom stereocenters. The van der Waals surface area contributed by atoms with Gasteiger partial charge in [0.25, 0.3) is 0 Å². The Morgan fingerprint density at radius 1 is 0.935 bits per heavy atom. The minimum absolute atomic E-state index is 0.0263. The third-order valence-electron chi connectivity index (χ3n) is 5.43. The van der Waals surface area contributed by atoms with Crippen LogP contribution in [0, 0.1) is 0 Å². The molecule has 5 rings (SSSR count). The van der Waals surface area contributed by atoms with Crippen LogP contribution < -0.4 is 14.2 Å². The molecule has 3 aromatic carbocycles. The van der Waals surface area contributed by atoms with E-state index in [1.807, 2.05) is 0 Å². The lowest BCUT2D eigenvalue weighted by Crippen LogP contribution is -2.33. The highest BCUT2D eigenvalue weighted by molar-refractivity contribution is 6.44. The molecule has 1 unspecified atom stereocenters. The van der Waals surface area contributed by atoms with E-state index in [2.05, 4.69) is 0 Å². The van der Waals surface area contributed by atoms with Gasteiger partial charge in [0.1, 0.15) is 23.0 Å². The number of hydrogen-bond acceptors (Lipinski definition) is 7. The molecule has 0 saturated carbocycles. The van der Waals surface area contributed by atoms with E-state index >= 15 is 0 Å². The van der Waals surface area contributed by atoms with E-state index in [4.69, 9.17) is 42.1 Å². The van der Waals surface area contributed by atoms with E-state index in [9.17, 15) is 15.0 Å². The Bertz CT molecular complexity index is 1290. The molecule has 0 saturated heterocycles. The van der Waals surface area contributed by atoms with E-state index in [0.717, 1.165) is 0 Å². The topological polar surface area (TPSA) is 94.5 Å². The fourth-order valence-corrected chi connectivity index (χ4v) is 4.57. The first-order chi connectivity index (χ1) is 14.8. The van der Waals surface area contributed by atoms with Crippen molar-refractivity contribution < 1.29 is 34.0 Å². The van der Waals surface area contributed by atoms with Gasteiger partial charge in [0.15, 0.2) is 17.1 Å². The number of halogens is 2. The van der Waals surface area contributed by atoms with E-state index in [1.54, 1.807) is 6.07 Å². The highest BCUT2D eigenvalue weighted by Gasteiger charge is 2.57. The van der Waals surface area contributed by atoms with Gasteiger partial charge in [-0.05, 0) is 18.2 Å². The van der Waals surface area contributed by atoms with Crippen LogP contribution in [0.2, 0.25) is 10.0 Å². The molecule has 0 bridgehead atoms. The largest absolute Gasteiger partial charge is 0.508 e. The first-order valence-corrected chi connectivity index (χ1v) is 9.80. The van der Waals surface area contributed by atoms with Gasteiger partial charge in [0.05, 0.1) is 41.0 Å². The Morgan fingerprint density at radius 3 is 2.35 bits per heavy atom. The molecular formula is C22H14Cl2O7. The Hall–Kier alpha value is -3.29. The van der Waals surface area contributed by atoms with Crippen LogP contribution in [0.4, 0.5) is 0 Å². The Kier molecular flexibility index (Phi) is 4.19. The monoisotopic (exact) mass is 460 g/mol. The van der Waals surface area contributed by atoms with Crippen LogP contribution in [0.5, 0.6) is 34.5 Å². The number of esters is 1. The summed E-state index contributed by atoms with van der Waals surface area (Å²) < 4.78 is 22.8. The number of aromatic hydroxyl groups is 2. The van der Waals surface area contributed by atoms with Gasteiger partial charge in [-0.3, -0.25) is 0 Å². The van der Waals surface area contributed by atoms with Gasteiger partial charge in [0, 0.05) is 23.8 Å². The molecule has 2 heterocycles. The van der Waals surface area contributed by atoms with E-state index in [1.165, 1.54) is 44.6 Å². The van der Waals surface area contributed by atoms with Crippen LogP contribution >= 0.6 is 23.2 Å². The molecule has 7 nitrogen and oxygen atoms in total. The third kappa shape index (κ3) is 2.50. The quantitative estimate of drug-likeness (QED) is 0.520. The van der Waals surface area contributed by atoms with Gasteiger partial charge < -0.3 is 29.2 Å². The van der Waals surface area contributed by atoms with Gasteiger partial charge in [-0.25, -0.2) is 4.79 Å². The summed E-state index contributed by atoms with van der Waals surface area (Å²) in [6, 6.07) is 8.78. The Labute approximate surface area is 186 Å². The SMILES string of the molecule is COc1cc2c(cc1O)Oc1cc(O)ccc1C21OC(=O)c2c(Cl)c(Cl)cc(OC)c21. The van der Waals surface area contributed by atoms with Gasteiger partial charge in [0.2, 0.25) is 0 Å². The molecular weight excluding hydrogens is 447 g/mol. The highest BCUT2D eigenvalue weighted by atomic mass is 35.5. The van der Waals surface area contributed by atoms with Crippen molar-refractivity contribution in [3.05, 3.63) is 68.7 Å². The van der Waals surface area contributed by atoms with Gasteiger partial charge >= 0.3 is 5.97 Å². The standard InChI is InChI=1S/C22H14Cl2O7/c1-28-16-6-11-15(8-13(16)26)30-14-5-9(25)3-4-10(14)22(11)19-17(29-2)7-12(23)20(24)18(19)21(27)31-22/h3-8,25-26H,1-2H3. The summed E-state index contributed by atoms with van der Waals surface area (Å²) in [5.41, 5.74) is -0.356. The Balaban J connectivity index is 1.97. The summed E-state index contributed by atoms with van der Waals surface area (Å²) in [6.07, 6.45) is 0. The van der Waals surface area contributed by atoms with E-state index in [0.29, 0.717) is 16.7 Å². The normalized spacial score (nSPS) is 18.0. The number of carbonyl (C=O) groups is 1. The number of benzene rings is 3. The number of carbonyl (C=O) groups excluding carboxylic acids is 1. The number of fused-ring (bicyclic) bond motifs is 6. The molecule has 0 radical (unpaired) electrons. The van der Waals surface area contributed by atoms with Crippen LogP contribution in [0.1, 0.15) is 27.0 Å². The van der Waals surface area contributed by atoms with Crippen molar-refractivity contribution in [1.82, 2.24) is 0 Å². The zero-order valence-corrected chi connectivity index (χ0v) is 17.7. The predicted molar refractivity (Wildman–Crippen MR) is 111 cm³/mol. The number of phenolic OH excluding ortho intramolecular Hbond substituents is 2. The number of hydrogen-bond donors (Lipinski definition) is 2. The Morgan fingerprint density at radius 2 is 1.65 bits per heavy atom. The predicted octanol–water partition coefficient (Wildman–Crippen LogP) is 4.99. The molecule has 2 N–H and O–H groups in total. The molecule has 0 fully saturated rings. The molecule has 1 spiro atoms. The van der Waals surface area contributed by atoms with Crippen LogP contribution in [-0.2, 0) is 10.3 Å². The van der Waals surface area contributed by atoms with Crippen molar-refractivity contribution in [2.24, 2.45) is 0 Å². The fourth-order valence-electron chi connectivity index (χ4n) is 4.15. The second-order valence-electron chi connectivity index (χ2n) is 7.00. The molecule has 0 aromatic heterocycles. The first-order valence-electron chi connectivity index (χ1n) is 9.04. The number of rotatable bonds is 2. The zero-order chi connectivity index (χ0) is 22.1. The molecule has 2 aliphatic rings.